The topological polar surface area (TPSA) is 83.6 Å². The summed E-state index contributed by atoms with van der Waals surface area (Å²) in [5.74, 6) is 2.55. The minimum atomic E-state index is -0.433. The summed E-state index contributed by atoms with van der Waals surface area (Å²) in [7, 11) is 5.40. The summed E-state index contributed by atoms with van der Waals surface area (Å²) in [6.45, 7) is 7.11. The third-order valence-electron chi connectivity index (χ3n) is 9.93. The van der Waals surface area contributed by atoms with Crippen LogP contribution in [0.4, 0.5) is 11.4 Å². The Balaban J connectivity index is 1.26. The van der Waals surface area contributed by atoms with Gasteiger partial charge in [0.25, 0.3) is 0 Å². The van der Waals surface area contributed by atoms with Gasteiger partial charge in [-0.3, -0.25) is 19.4 Å². The lowest BCUT2D eigenvalue weighted by molar-refractivity contribution is -0.125. The Labute approximate surface area is 289 Å². The van der Waals surface area contributed by atoms with Gasteiger partial charge in [-0.25, -0.2) is 0 Å². The fourth-order valence-corrected chi connectivity index (χ4v) is 7.69. The van der Waals surface area contributed by atoms with Crippen molar-refractivity contribution in [3.8, 4) is 17.2 Å². The van der Waals surface area contributed by atoms with Crippen LogP contribution in [-0.4, -0.2) is 76.3 Å². The van der Waals surface area contributed by atoms with Crippen molar-refractivity contribution in [3.63, 3.8) is 0 Å². The smallest absolute Gasteiger partial charge is 0.234 e. The predicted octanol–water partition coefficient (Wildman–Crippen LogP) is 6.25. The lowest BCUT2D eigenvalue weighted by Gasteiger charge is -2.40. The Bertz CT molecular complexity index is 1620. The molecule has 3 aromatic rings. The highest BCUT2D eigenvalue weighted by Gasteiger charge is 2.38. The molecule has 1 atom stereocenters. The molecule has 1 saturated heterocycles. The van der Waals surface area contributed by atoms with Gasteiger partial charge in [0.2, 0.25) is 11.8 Å². The Kier molecular flexibility index (Phi) is 10.4. The quantitative estimate of drug-likeness (QED) is 0.272. The van der Waals surface area contributed by atoms with E-state index in [-0.39, 0.29) is 24.3 Å². The average Bonchev–Trinajstić information content (AvgIpc) is 3.08. The number of fused-ring (bicyclic) bond motifs is 1. The van der Waals surface area contributed by atoms with Crippen LogP contribution in [0, 0.1) is 5.92 Å². The molecule has 3 aliphatic rings. The lowest BCUT2D eigenvalue weighted by Crippen LogP contribution is -2.52. The van der Waals surface area contributed by atoms with Gasteiger partial charge in [-0.05, 0) is 98.5 Å². The summed E-state index contributed by atoms with van der Waals surface area (Å²) in [6.07, 6.45) is 4.68. The van der Waals surface area contributed by atoms with E-state index in [0.717, 1.165) is 67.7 Å². The molecule has 1 aliphatic carbocycles. The molecule has 1 saturated carbocycles. The van der Waals surface area contributed by atoms with E-state index in [1.807, 2.05) is 67.3 Å². The van der Waals surface area contributed by atoms with Crippen molar-refractivity contribution in [2.24, 2.45) is 5.92 Å². The molecule has 0 bridgehead atoms. The Morgan fingerprint density at radius 2 is 1.67 bits per heavy atom. The number of nitrogens with one attached hydrogen (secondary N) is 1. The van der Waals surface area contributed by atoms with E-state index < -0.39 is 6.04 Å². The van der Waals surface area contributed by atoms with Gasteiger partial charge in [0.05, 0.1) is 45.0 Å². The number of hydrogen-bond donors (Lipinski definition) is 1. The standard InChI is InChI=1S/C38H47ClN4O5/c1-24(2)48-35-21-31-27(18-34(35)47-5)19-37(45)43(38(31)26-8-10-28(39)11-9-26)32-15-14-30(20-33(32)46-4)41(3)22-25-6-12-29(13-7-25)42-17-16-40-36(44)23-42/h8-11,14-15,18,20-21,24-25,29,38H,6-7,12-13,16-17,19,22-23H2,1-5H3,(H,40,44)/t25?,29?,38-/m0/s1. The molecule has 2 aliphatic heterocycles. The van der Waals surface area contributed by atoms with Gasteiger partial charge < -0.3 is 24.4 Å². The van der Waals surface area contributed by atoms with Crippen LogP contribution in [0.5, 0.6) is 17.2 Å². The van der Waals surface area contributed by atoms with Gasteiger partial charge in [0, 0.05) is 49.5 Å². The van der Waals surface area contributed by atoms with Crippen molar-refractivity contribution in [1.29, 1.82) is 0 Å². The first-order valence-electron chi connectivity index (χ1n) is 17.0. The number of amides is 2. The molecule has 0 spiro atoms. The van der Waals surface area contributed by atoms with Crippen LogP contribution < -0.4 is 29.3 Å². The number of ether oxygens (including phenoxy) is 3. The zero-order valence-electron chi connectivity index (χ0n) is 28.6. The molecule has 2 amide bonds. The first-order chi connectivity index (χ1) is 23.1. The number of carbonyl (C=O) groups is 2. The summed E-state index contributed by atoms with van der Waals surface area (Å²) >= 11 is 6.31. The summed E-state index contributed by atoms with van der Waals surface area (Å²) in [5, 5.41) is 3.56. The second kappa shape index (κ2) is 14.7. The molecule has 1 N–H and O–H groups in total. The summed E-state index contributed by atoms with van der Waals surface area (Å²) in [5.41, 5.74) is 4.54. The molecule has 0 aromatic heterocycles. The third-order valence-corrected chi connectivity index (χ3v) is 10.2. The molecule has 0 unspecified atom stereocenters. The zero-order valence-corrected chi connectivity index (χ0v) is 29.4. The minimum absolute atomic E-state index is 0.0376. The van der Waals surface area contributed by atoms with Gasteiger partial charge in [-0.1, -0.05) is 23.7 Å². The maximum Gasteiger partial charge on any atom is 0.234 e. The van der Waals surface area contributed by atoms with E-state index in [9.17, 15) is 9.59 Å². The highest BCUT2D eigenvalue weighted by molar-refractivity contribution is 6.30. The largest absolute Gasteiger partial charge is 0.494 e. The molecule has 9 nitrogen and oxygen atoms in total. The van der Waals surface area contributed by atoms with Gasteiger partial charge in [0.15, 0.2) is 11.5 Å². The lowest BCUT2D eigenvalue weighted by atomic mass is 9.84. The normalized spacial score (nSPS) is 21.5. The van der Waals surface area contributed by atoms with Crippen molar-refractivity contribution in [3.05, 3.63) is 76.3 Å². The van der Waals surface area contributed by atoms with Crippen molar-refractivity contribution in [2.75, 3.05) is 57.2 Å². The molecule has 0 radical (unpaired) electrons. The Morgan fingerprint density at radius 3 is 2.33 bits per heavy atom. The third kappa shape index (κ3) is 7.22. The van der Waals surface area contributed by atoms with Crippen molar-refractivity contribution < 1.29 is 23.8 Å². The van der Waals surface area contributed by atoms with Crippen LogP contribution in [-0.2, 0) is 16.0 Å². The molecule has 6 rings (SSSR count). The van der Waals surface area contributed by atoms with Crippen LogP contribution >= 0.6 is 11.6 Å². The second-order valence-electron chi connectivity index (χ2n) is 13.5. The van der Waals surface area contributed by atoms with E-state index in [1.165, 1.54) is 0 Å². The van der Waals surface area contributed by atoms with E-state index in [2.05, 4.69) is 28.2 Å². The molecular formula is C38H47ClN4O5. The molecular weight excluding hydrogens is 628 g/mol. The van der Waals surface area contributed by atoms with Gasteiger partial charge in [-0.2, -0.15) is 0 Å². The highest BCUT2D eigenvalue weighted by atomic mass is 35.5. The number of methoxy groups -OCH3 is 2. The summed E-state index contributed by atoms with van der Waals surface area (Å²) in [6, 6.07) is 17.8. The second-order valence-corrected chi connectivity index (χ2v) is 13.9. The van der Waals surface area contributed by atoms with Crippen LogP contribution in [0.3, 0.4) is 0 Å². The molecule has 10 heteroatoms. The Morgan fingerprint density at radius 1 is 0.938 bits per heavy atom. The highest BCUT2D eigenvalue weighted by Crippen LogP contribution is 2.46. The monoisotopic (exact) mass is 674 g/mol. The van der Waals surface area contributed by atoms with Crippen LogP contribution in [0.2, 0.25) is 5.02 Å². The number of hydrogen-bond acceptors (Lipinski definition) is 7. The number of nitrogens with zero attached hydrogens (tertiary/aromatic N) is 3. The number of rotatable bonds is 10. The number of benzene rings is 3. The fraction of sp³-hybridized carbons (Fsp3) is 0.474. The predicted molar refractivity (Wildman–Crippen MR) is 190 cm³/mol. The molecule has 3 aromatic carbocycles. The number of piperazine rings is 1. The van der Waals surface area contributed by atoms with Gasteiger partial charge in [0.1, 0.15) is 5.75 Å². The van der Waals surface area contributed by atoms with Crippen LogP contribution in [0.1, 0.15) is 62.3 Å². The van der Waals surface area contributed by atoms with Gasteiger partial charge in [-0.15, -0.1) is 0 Å². The SMILES string of the molecule is COc1cc2c(cc1OC(C)C)[C@H](c1ccc(Cl)cc1)N(c1ccc(N(C)CC3CCC(N4CCNC(=O)C4)CC3)cc1OC)C(=O)C2. The van der Waals surface area contributed by atoms with E-state index in [4.69, 9.17) is 25.8 Å². The zero-order chi connectivity index (χ0) is 33.9. The van der Waals surface area contributed by atoms with E-state index in [0.29, 0.717) is 46.5 Å². The summed E-state index contributed by atoms with van der Waals surface area (Å²) < 4.78 is 17.8. The minimum Gasteiger partial charge on any atom is -0.494 e. The molecule has 48 heavy (non-hydrogen) atoms. The molecule has 2 fully saturated rings. The fourth-order valence-electron chi connectivity index (χ4n) is 7.57. The molecule has 256 valence electrons. The van der Waals surface area contributed by atoms with E-state index >= 15 is 0 Å². The average molecular weight is 675 g/mol. The first-order valence-corrected chi connectivity index (χ1v) is 17.4. The Hall–Kier alpha value is -3.95. The van der Waals surface area contributed by atoms with Gasteiger partial charge >= 0.3 is 0 Å². The number of anilines is 2. The summed E-state index contributed by atoms with van der Waals surface area (Å²) in [4.78, 5) is 32.5. The van der Waals surface area contributed by atoms with Crippen molar-refractivity contribution in [2.45, 2.75) is 64.1 Å². The van der Waals surface area contributed by atoms with Crippen LogP contribution in [0.15, 0.2) is 54.6 Å². The maximum atomic E-state index is 14.1. The number of carbonyl (C=O) groups excluding carboxylic acids is 2. The van der Waals surface area contributed by atoms with Crippen molar-refractivity contribution in [1.82, 2.24) is 10.2 Å². The number of halogens is 1. The maximum absolute atomic E-state index is 14.1. The van der Waals surface area contributed by atoms with Crippen molar-refractivity contribution >= 4 is 34.8 Å². The van der Waals surface area contributed by atoms with Crippen LogP contribution in [0.25, 0.3) is 0 Å². The first kappa shape index (κ1) is 33.9. The van der Waals surface area contributed by atoms with E-state index in [1.54, 1.807) is 14.2 Å². The molecule has 2 heterocycles.